The highest BCUT2D eigenvalue weighted by molar-refractivity contribution is 5.94. The molecule has 0 saturated heterocycles. The summed E-state index contributed by atoms with van der Waals surface area (Å²) < 4.78 is 0. The molecule has 0 radical (unpaired) electrons. The first-order chi connectivity index (χ1) is 16.4. The van der Waals surface area contributed by atoms with Crippen molar-refractivity contribution in [1.29, 1.82) is 0 Å². The summed E-state index contributed by atoms with van der Waals surface area (Å²) in [7, 11) is 0. The van der Waals surface area contributed by atoms with Crippen molar-refractivity contribution < 1.29 is 34.5 Å². The van der Waals surface area contributed by atoms with E-state index in [0.29, 0.717) is 12.0 Å². The minimum Gasteiger partial charge on any atom is -0.508 e. The zero-order valence-electron chi connectivity index (χ0n) is 19.3. The van der Waals surface area contributed by atoms with Gasteiger partial charge in [0.2, 0.25) is 17.7 Å². The van der Waals surface area contributed by atoms with Gasteiger partial charge < -0.3 is 48.5 Å². The number of nitrogens with one attached hydrogen (secondary N) is 3. The Hall–Kier alpha value is -3.91. The van der Waals surface area contributed by atoms with Crippen LogP contribution in [-0.2, 0) is 25.6 Å². The summed E-state index contributed by atoms with van der Waals surface area (Å²) in [4.78, 5) is 52.8. The van der Waals surface area contributed by atoms with Crippen LogP contribution >= 0.6 is 0 Å². The van der Waals surface area contributed by atoms with Crippen LogP contribution in [0.5, 0.6) is 5.75 Å². The van der Waals surface area contributed by atoms with E-state index >= 15 is 0 Å². The average molecular weight is 496 g/mol. The number of phenolic OH excluding ortho intramolecular Hbond substituents is 1. The minimum atomic E-state index is -1.49. The van der Waals surface area contributed by atoms with Gasteiger partial charge in [-0.1, -0.05) is 12.1 Å². The number of carbonyl (C=O) groups excluding carboxylic acids is 3. The third-order valence-electron chi connectivity index (χ3n) is 4.80. The summed E-state index contributed by atoms with van der Waals surface area (Å²) in [6, 6.07) is 0.858. The van der Waals surface area contributed by atoms with Crippen molar-refractivity contribution in [2.45, 2.75) is 50.4 Å². The third-order valence-corrected chi connectivity index (χ3v) is 4.80. The smallest absolute Gasteiger partial charge is 0.326 e. The standard InChI is InChI=1S/C21H33N7O7/c1-11(22)17(31)26-14(3-2-8-25-21(23)24)18(32)28-16(10-29)19(33)27-15(20(34)35)9-12-4-6-13(30)7-5-12/h4-7,11,14-16,29-30H,2-3,8-10,22H2,1H3,(H,26,31)(H,27,33)(H,28,32)(H,34,35)(H4,23,24,25). The molecular formula is C21H33N7O7. The first-order valence-corrected chi connectivity index (χ1v) is 10.8. The van der Waals surface area contributed by atoms with Gasteiger partial charge in [0.1, 0.15) is 23.9 Å². The van der Waals surface area contributed by atoms with E-state index in [9.17, 15) is 34.5 Å². The van der Waals surface area contributed by atoms with Gasteiger partial charge in [0.05, 0.1) is 12.6 Å². The monoisotopic (exact) mass is 495 g/mol. The maximum atomic E-state index is 12.8. The third kappa shape index (κ3) is 10.7. The van der Waals surface area contributed by atoms with E-state index < -0.39 is 54.5 Å². The fourth-order valence-electron chi connectivity index (χ4n) is 2.88. The molecule has 0 aromatic heterocycles. The molecule has 0 heterocycles. The highest BCUT2D eigenvalue weighted by Gasteiger charge is 2.29. The minimum absolute atomic E-state index is 0.00306. The summed E-state index contributed by atoms with van der Waals surface area (Å²) >= 11 is 0. The molecule has 1 aromatic carbocycles. The Kier molecular flexibility index (Phi) is 12.0. The van der Waals surface area contributed by atoms with Gasteiger partial charge in [-0.05, 0) is 37.5 Å². The number of hydrogen-bond acceptors (Lipinski definition) is 8. The summed E-state index contributed by atoms with van der Waals surface area (Å²) in [5.74, 6) is -3.82. The molecule has 12 N–H and O–H groups in total. The number of rotatable bonds is 14. The van der Waals surface area contributed by atoms with Crippen LogP contribution in [0.15, 0.2) is 29.3 Å². The largest absolute Gasteiger partial charge is 0.508 e. The van der Waals surface area contributed by atoms with Crippen LogP contribution in [0.2, 0.25) is 0 Å². The Bertz CT molecular complexity index is 902. The number of aliphatic hydroxyl groups is 1. The van der Waals surface area contributed by atoms with E-state index in [-0.39, 0.29) is 31.1 Å². The number of aromatic hydroxyl groups is 1. The molecule has 35 heavy (non-hydrogen) atoms. The van der Waals surface area contributed by atoms with Crippen molar-refractivity contribution in [2.75, 3.05) is 13.2 Å². The van der Waals surface area contributed by atoms with Crippen molar-refractivity contribution >= 4 is 29.7 Å². The van der Waals surface area contributed by atoms with Gasteiger partial charge >= 0.3 is 5.97 Å². The van der Waals surface area contributed by atoms with Crippen LogP contribution in [0.25, 0.3) is 0 Å². The molecule has 3 amide bonds. The number of phenols is 1. The lowest BCUT2D eigenvalue weighted by Gasteiger charge is -2.24. The quantitative estimate of drug-likeness (QED) is 0.0712. The van der Waals surface area contributed by atoms with Gasteiger partial charge in [-0.2, -0.15) is 0 Å². The second-order valence-electron chi connectivity index (χ2n) is 7.81. The molecule has 14 nitrogen and oxygen atoms in total. The zero-order chi connectivity index (χ0) is 26.5. The maximum absolute atomic E-state index is 12.8. The molecule has 0 saturated carbocycles. The van der Waals surface area contributed by atoms with Gasteiger partial charge in [0, 0.05) is 13.0 Å². The molecule has 0 aliphatic rings. The van der Waals surface area contributed by atoms with E-state index in [0.717, 1.165) is 0 Å². The van der Waals surface area contributed by atoms with E-state index in [2.05, 4.69) is 20.9 Å². The van der Waals surface area contributed by atoms with Gasteiger partial charge in [-0.25, -0.2) is 4.79 Å². The maximum Gasteiger partial charge on any atom is 0.326 e. The molecule has 0 aliphatic carbocycles. The molecule has 4 atom stereocenters. The van der Waals surface area contributed by atoms with E-state index in [1.807, 2.05) is 0 Å². The normalized spacial score (nSPS) is 14.0. The predicted octanol–water partition coefficient (Wildman–Crippen LogP) is -3.13. The number of aliphatic imine (C=N–C) groups is 1. The number of aliphatic hydroxyl groups excluding tert-OH is 1. The number of amides is 3. The van der Waals surface area contributed by atoms with Crippen molar-refractivity contribution in [2.24, 2.45) is 22.2 Å². The molecule has 4 unspecified atom stereocenters. The number of benzene rings is 1. The van der Waals surface area contributed by atoms with Gasteiger partial charge in [-0.15, -0.1) is 0 Å². The fourth-order valence-corrected chi connectivity index (χ4v) is 2.88. The Balaban J connectivity index is 2.86. The lowest BCUT2D eigenvalue weighted by atomic mass is 10.1. The van der Waals surface area contributed by atoms with Crippen molar-refractivity contribution in [3.8, 4) is 5.75 Å². The van der Waals surface area contributed by atoms with E-state index in [1.54, 1.807) is 0 Å². The van der Waals surface area contributed by atoms with Crippen molar-refractivity contribution in [3.63, 3.8) is 0 Å². The average Bonchev–Trinajstić information content (AvgIpc) is 2.79. The van der Waals surface area contributed by atoms with Crippen LogP contribution < -0.4 is 33.2 Å². The Labute approximate surface area is 201 Å². The number of nitrogens with zero attached hydrogens (tertiary/aromatic N) is 1. The molecule has 0 fully saturated rings. The topological polar surface area (TPSA) is 255 Å². The summed E-state index contributed by atoms with van der Waals surface area (Å²) in [6.45, 7) is 0.778. The number of guanidine groups is 1. The van der Waals surface area contributed by atoms with Gasteiger partial charge in [-0.3, -0.25) is 19.4 Å². The zero-order valence-corrected chi connectivity index (χ0v) is 19.3. The van der Waals surface area contributed by atoms with Gasteiger partial charge in [0.25, 0.3) is 0 Å². The molecule has 1 aromatic rings. The van der Waals surface area contributed by atoms with Crippen LogP contribution in [0.3, 0.4) is 0 Å². The number of hydrogen-bond donors (Lipinski definition) is 9. The van der Waals surface area contributed by atoms with Crippen molar-refractivity contribution in [3.05, 3.63) is 29.8 Å². The Morgan fingerprint density at radius 3 is 2.00 bits per heavy atom. The van der Waals surface area contributed by atoms with Crippen LogP contribution in [0.4, 0.5) is 0 Å². The van der Waals surface area contributed by atoms with Crippen LogP contribution in [-0.4, -0.2) is 82.3 Å². The number of carbonyl (C=O) groups is 4. The molecular weight excluding hydrogens is 462 g/mol. The molecule has 194 valence electrons. The second-order valence-corrected chi connectivity index (χ2v) is 7.81. The summed E-state index contributed by atoms with van der Waals surface area (Å²) in [5, 5.41) is 35.5. The number of carboxylic acids is 1. The molecule has 0 aliphatic heterocycles. The van der Waals surface area contributed by atoms with Crippen molar-refractivity contribution in [1.82, 2.24) is 16.0 Å². The van der Waals surface area contributed by atoms with Crippen LogP contribution in [0.1, 0.15) is 25.3 Å². The lowest BCUT2D eigenvalue weighted by Crippen LogP contribution is -2.58. The summed E-state index contributed by atoms with van der Waals surface area (Å²) in [5.41, 5.74) is 16.6. The molecule has 0 bridgehead atoms. The highest BCUT2D eigenvalue weighted by atomic mass is 16.4. The first-order valence-electron chi connectivity index (χ1n) is 10.8. The fraction of sp³-hybridized carbons (Fsp3) is 0.476. The van der Waals surface area contributed by atoms with Gasteiger partial charge in [0.15, 0.2) is 5.96 Å². The summed E-state index contributed by atoms with van der Waals surface area (Å²) in [6.07, 6.45) is 0.295. The second kappa shape index (κ2) is 14.4. The SMILES string of the molecule is CC(N)C(=O)NC(CCCN=C(N)N)C(=O)NC(CO)C(=O)NC(Cc1ccc(O)cc1)C(=O)O. The van der Waals surface area contributed by atoms with E-state index in [1.165, 1.54) is 31.2 Å². The first kappa shape index (κ1) is 29.1. The number of aliphatic carboxylic acids is 1. The number of carboxylic acid groups (broad SMARTS) is 1. The molecule has 1 rings (SSSR count). The Morgan fingerprint density at radius 2 is 1.49 bits per heavy atom. The molecule has 14 heteroatoms. The predicted molar refractivity (Wildman–Crippen MR) is 126 cm³/mol. The van der Waals surface area contributed by atoms with E-state index in [4.69, 9.17) is 17.2 Å². The van der Waals surface area contributed by atoms with Crippen LogP contribution in [0, 0.1) is 0 Å². The lowest BCUT2D eigenvalue weighted by molar-refractivity contribution is -0.142. The number of nitrogens with two attached hydrogens (primary N) is 3. The Morgan fingerprint density at radius 1 is 0.943 bits per heavy atom. The highest BCUT2D eigenvalue weighted by Crippen LogP contribution is 2.11. The molecule has 0 spiro atoms.